The van der Waals surface area contributed by atoms with E-state index in [4.69, 9.17) is 9.47 Å². The Balaban J connectivity index is 1.68. The third kappa shape index (κ3) is 2.83. The molecule has 1 aromatic carbocycles. The Labute approximate surface area is 152 Å². The number of aromatic amines is 1. The van der Waals surface area contributed by atoms with Crippen molar-refractivity contribution in [3.63, 3.8) is 0 Å². The van der Waals surface area contributed by atoms with Crippen LogP contribution >= 0.6 is 15.9 Å². The van der Waals surface area contributed by atoms with Gasteiger partial charge in [-0.1, -0.05) is 0 Å². The Hall–Kier alpha value is -2.59. The molecule has 6 nitrogen and oxygen atoms in total. The van der Waals surface area contributed by atoms with Crippen LogP contribution in [0, 0.1) is 11.3 Å². The molecule has 0 aliphatic heterocycles. The summed E-state index contributed by atoms with van der Waals surface area (Å²) in [5.74, 6) is 1.29. The molecule has 0 saturated carbocycles. The van der Waals surface area contributed by atoms with Crippen molar-refractivity contribution in [1.82, 2.24) is 15.2 Å². The fraction of sp³-hybridized carbons (Fsp3) is 0.278. The van der Waals surface area contributed by atoms with Gasteiger partial charge in [0.25, 0.3) is 0 Å². The predicted molar refractivity (Wildman–Crippen MR) is 95.6 cm³/mol. The van der Waals surface area contributed by atoms with Crippen molar-refractivity contribution in [2.24, 2.45) is 0 Å². The van der Waals surface area contributed by atoms with Crippen LogP contribution in [-0.2, 0) is 6.42 Å². The van der Waals surface area contributed by atoms with Crippen molar-refractivity contribution in [1.29, 1.82) is 5.26 Å². The number of nitriles is 1. The highest BCUT2D eigenvalue weighted by Gasteiger charge is 2.25. The van der Waals surface area contributed by atoms with Gasteiger partial charge in [0.05, 0.1) is 29.3 Å². The quantitative estimate of drug-likeness (QED) is 0.672. The number of hydrogen-bond donors (Lipinski definition) is 1. The smallest absolute Gasteiger partial charge is 0.240 e. The highest BCUT2D eigenvalue weighted by Crippen LogP contribution is 2.36. The van der Waals surface area contributed by atoms with E-state index in [0.717, 1.165) is 47.2 Å². The maximum Gasteiger partial charge on any atom is 0.240 e. The molecule has 0 saturated heterocycles. The van der Waals surface area contributed by atoms with E-state index in [1.807, 2.05) is 24.3 Å². The third-order valence-corrected chi connectivity index (χ3v) is 5.00. The molecule has 7 heteroatoms. The van der Waals surface area contributed by atoms with Gasteiger partial charge in [0.15, 0.2) is 0 Å². The minimum atomic E-state index is -0.136. The second-order valence-corrected chi connectivity index (χ2v) is 6.67. The van der Waals surface area contributed by atoms with Crippen LogP contribution in [0.4, 0.5) is 0 Å². The zero-order valence-corrected chi connectivity index (χ0v) is 15.1. The summed E-state index contributed by atoms with van der Waals surface area (Å²) in [7, 11) is 1.59. The van der Waals surface area contributed by atoms with Crippen LogP contribution in [0.3, 0.4) is 0 Å². The Kier molecular flexibility index (Phi) is 4.06. The van der Waals surface area contributed by atoms with Gasteiger partial charge in [0, 0.05) is 0 Å². The minimum absolute atomic E-state index is 0.136. The summed E-state index contributed by atoms with van der Waals surface area (Å²) in [5.41, 5.74) is 3.44. The first kappa shape index (κ1) is 15.9. The predicted octanol–water partition coefficient (Wildman–Crippen LogP) is 4.06. The van der Waals surface area contributed by atoms with Gasteiger partial charge in [0.2, 0.25) is 5.88 Å². The lowest BCUT2D eigenvalue weighted by Gasteiger charge is -2.25. The number of benzene rings is 1. The first-order valence-corrected chi connectivity index (χ1v) is 8.77. The minimum Gasteiger partial charge on any atom is -0.484 e. The van der Waals surface area contributed by atoms with Crippen LogP contribution in [0.2, 0.25) is 0 Å². The van der Waals surface area contributed by atoms with Crippen LogP contribution in [-0.4, -0.2) is 22.3 Å². The summed E-state index contributed by atoms with van der Waals surface area (Å²) >= 11 is 3.38. The van der Waals surface area contributed by atoms with Gasteiger partial charge < -0.3 is 9.47 Å². The van der Waals surface area contributed by atoms with E-state index < -0.39 is 0 Å². The van der Waals surface area contributed by atoms with E-state index in [1.165, 1.54) is 0 Å². The second-order valence-electron chi connectivity index (χ2n) is 5.92. The van der Waals surface area contributed by atoms with E-state index in [9.17, 15) is 5.26 Å². The van der Waals surface area contributed by atoms with E-state index in [0.29, 0.717) is 16.0 Å². The maximum absolute atomic E-state index is 9.18. The molecule has 1 aliphatic rings. The van der Waals surface area contributed by atoms with E-state index in [-0.39, 0.29) is 6.10 Å². The molecule has 126 valence electrons. The molecule has 0 bridgehead atoms. The van der Waals surface area contributed by atoms with Gasteiger partial charge in [-0.2, -0.15) is 5.26 Å². The fourth-order valence-electron chi connectivity index (χ4n) is 3.19. The standard InChI is InChI=1S/C18H15BrN4O2/c1-24-18-13-8-12(5-6-14(13)22-23-18)25-15-4-2-3-10-7-11(9-20)17(19)21-16(10)15/h5-8,15H,2-4H2,1H3,(H,22,23)/t15-/m0/s1. The number of aryl methyl sites for hydroxylation is 1. The Bertz CT molecular complexity index is 993. The summed E-state index contributed by atoms with van der Waals surface area (Å²) in [6, 6.07) is 9.83. The molecule has 25 heavy (non-hydrogen) atoms. The molecule has 3 aromatic rings. The topological polar surface area (TPSA) is 83.8 Å². The Morgan fingerprint density at radius 2 is 2.24 bits per heavy atom. The zero-order chi connectivity index (χ0) is 17.4. The average molecular weight is 399 g/mol. The lowest BCUT2D eigenvalue weighted by Crippen LogP contribution is -2.17. The number of hydrogen-bond acceptors (Lipinski definition) is 5. The molecule has 2 aromatic heterocycles. The van der Waals surface area contributed by atoms with E-state index in [1.54, 1.807) is 7.11 Å². The number of pyridine rings is 1. The molecule has 1 N–H and O–H groups in total. The first-order chi connectivity index (χ1) is 12.2. The number of fused-ring (bicyclic) bond motifs is 2. The van der Waals surface area contributed by atoms with Gasteiger partial charge in [-0.15, -0.1) is 5.10 Å². The molecule has 4 rings (SSSR count). The highest BCUT2D eigenvalue weighted by molar-refractivity contribution is 9.10. The summed E-state index contributed by atoms with van der Waals surface area (Å²) in [6.07, 6.45) is 2.67. The van der Waals surface area contributed by atoms with Crippen LogP contribution in [0.25, 0.3) is 10.9 Å². The summed E-state index contributed by atoms with van der Waals surface area (Å²) < 4.78 is 12.1. The molecule has 0 radical (unpaired) electrons. The number of nitrogens with zero attached hydrogens (tertiary/aromatic N) is 3. The molecule has 1 atom stereocenters. The van der Waals surface area contributed by atoms with Crippen LogP contribution < -0.4 is 9.47 Å². The number of ether oxygens (including phenoxy) is 2. The number of halogens is 1. The van der Waals surface area contributed by atoms with Crippen molar-refractivity contribution in [3.05, 3.63) is 45.7 Å². The molecule has 0 fully saturated rings. The molecule has 0 spiro atoms. The van der Waals surface area contributed by atoms with Gasteiger partial charge in [0.1, 0.15) is 22.5 Å². The third-order valence-electron chi connectivity index (χ3n) is 4.40. The lowest BCUT2D eigenvalue weighted by atomic mass is 9.93. The molecule has 2 heterocycles. The monoisotopic (exact) mass is 398 g/mol. The van der Waals surface area contributed by atoms with Gasteiger partial charge in [-0.05, 0) is 65.0 Å². The lowest BCUT2D eigenvalue weighted by molar-refractivity contribution is 0.178. The fourth-order valence-corrected chi connectivity index (χ4v) is 3.59. The van der Waals surface area contributed by atoms with Crippen LogP contribution in [0.1, 0.15) is 35.8 Å². The van der Waals surface area contributed by atoms with Crippen LogP contribution in [0.15, 0.2) is 28.9 Å². The Morgan fingerprint density at radius 1 is 1.36 bits per heavy atom. The maximum atomic E-state index is 9.18. The summed E-state index contributed by atoms with van der Waals surface area (Å²) in [5, 5.41) is 17.1. The van der Waals surface area contributed by atoms with Crippen molar-refractivity contribution in [2.75, 3.05) is 7.11 Å². The summed E-state index contributed by atoms with van der Waals surface area (Å²) in [6.45, 7) is 0. The molecular formula is C18H15BrN4O2. The molecular weight excluding hydrogens is 384 g/mol. The number of H-pyrrole nitrogens is 1. The van der Waals surface area contributed by atoms with Crippen molar-refractivity contribution < 1.29 is 9.47 Å². The van der Waals surface area contributed by atoms with Gasteiger partial charge >= 0.3 is 0 Å². The Morgan fingerprint density at radius 3 is 3.04 bits per heavy atom. The second kappa shape index (κ2) is 6.37. The first-order valence-electron chi connectivity index (χ1n) is 7.98. The van der Waals surface area contributed by atoms with E-state index in [2.05, 4.69) is 37.2 Å². The zero-order valence-electron chi connectivity index (χ0n) is 13.5. The molecule has 0 amide bonds. The van der Waals surface area contributed by atoms with E-state index >= 15 is 0 Å². The van der Waals surface area contributed by atoms with Crippen molar-refractivity contribution in [3.8, 4) is 17.7 Å². The average Bonchev–Trinajstić information content (AvgIpc) is 3.04. The normalized spacial score (nSPS) is 16.3. The van der Waals surface area contributed by atoms with Gasteiger partial charge in [-0.3, -0.25) is 5.10 Å². The van der Waals surface area contributed by atoms with Crippen molar-refractivity contribution in [2.45, 2.75) is 25.4 Å². The van der Waals surface area contributed by atoms with Crippen LogP contribution in [0.5, 0.6) is 11.6 Å². The summed E-state index contributed by atoms with van der Waals surface area (Å²) in [4.78, 5) is 4.57. The molecule has 0 unspecified atom stereocenters. The SMILES string of the molecule is COc1n[nH]c2ccc(O[C@H]3CCCc4cc(C#N)c(Br)nc43)cc12. The number of rotatable bonds is 3. The number of methoxy groups -OCH3 is 1. The van der Waals surface area contributed by atoms with Crippen molar-refractivity contribution >= 4 is 26.8 Å². The van der Waals surface area contributed by atoms with Gasteiger partial charge in [-0.25, -0.2) is 4.98 Å². The molecule has 1 aliphatic carbocycles. The number of nitrogens with one attached hydrogen (secondary N) is 1. The largest absolute Gasteiger partial charge is 0.484 e. The number of aromatic nitrogens is 3. The highest BCUT2D eigenvalue weighted by atomic mass is 79.9.